The Balaban J connectivity index is 1.89. The van der Waals surface area contributed by atoms with E-state index >= 15 is 0 Å². The van der Waals surface area contributed by atoms with Gasteiger partial charge in [0.05, 0.1) is 5.71 Å². The molecule has 0 saturated carbocycles. The standard InChI is InChI=1S/C19H19N5/c1-2-14-8-9-18(23-13-14)24-17(19-21-10-11-22-19)12-16(20)15-6-4-3-5-7-15/h3-11,13,20H,2,12H2,1H3,(H,21,22). The number of imidazole rings is 1. The van der Waals surface area contributed by atoms with Crippen LogP contribution in [-0.2, 0) is 6.42 Å². The Bertz CT molecular complexity index is 818. The number of hydrogen-bond acceptors (Lipinski definition) is 4. The van der Waals surface area contributed by atoms with Crippen molar-refractivity contribution in [3.63, 3.8) is 0 Å². The molecule has 1 aromatic carbocycles. The first kappa shape index (κ1) is 15.8. The van der Waals surface area contributed by atoms with Gasteiger partial charge in [-0.2, -0.15) is 0 Å². The molecule has 24 heavy (non-hydrogen) atoms. The lowest BCUT2D eigenvalue weighted by molar-refractivity contribution is 1.10. The average molecular weight is 317 g/mol. The van der Waals surface area contributed by atoms with Gasteiger partial charge in [-0.05, 0) is 23.6 Å². The molecular weight excluding hydrogens is 298 g/mol. The van der Waals surface area contributed by atoms with E-state index in [2.05, 4.69) is 26.9 Å². The summed E-state index contributed by atoms with van der Waals surface area (Å²) < 4.78 is 0. The first-order valence-electron chi connectivity index (χ1n) is 7.91. The van der Waals surface area contributed by atoms with Crippen molar-refractivity contribution in [2.45, 2.75) is 19.8 Å². The first-order valence-corrected chi connectivity index (χ1v) is 7.91. The van der Waals surface area contributed by atoms with Crippen LogP contribution in [0.5, 0.6) is 0 Å². The van der Waals surface area contributed by atoms with E-state index in [1.807, 2.05) is 48.7 Å². The van der Waals surface area contributed by atoms with E-state index in [1.54, 1.807) is 12.4 Å². The fraction of sp³-hybridized carbons (Fsp3) is 0.158. The summed E-state index contributed by atoms with van der Waals surface area (Å²) in [6, 6.07) is 13.6. The van der Waals surface area contributed by atoms with E-state index in [9.17, 15) is 0 Å². The minimum Gasteiger partial charge on any atom is -0.344 e. The number of aromatic amines is 1. The number of aliphatic imine (C=N–C) groups is 1. The Morgan fingerprint density at radius 2 is 1.96 bits per heavy atom. The van der Waals surface area contributed by atoms with Crippen LogP contribution in [0.3, 0.4) is 0 Å². The van der Waals surface area contributed by atoms with Crippen LogP contribution in [0.25, 0.3) is 0 Å². The van der Waals surface area contributed by atoms with Crippen LogP contribution >= 0.6 is 0 Å². The van der Waals surface area contributed by atoms with E-state index < -0.39 is 0 Å². The molecule has 5 heteroatoms. The number of hydrogen-bond donors (Lipinski definition) is 2. The number of aromatic nitrogens is 3. The van der Waals surface area contributed by atoms with Crippen LogP contribution in [-0.4, -0.2) is 26.4 Å². The predicted octanol–water partition coefficient (Wildman–Crippen LogP) is 3.95. The highest BCUT2D eigenvalue weighted by molar-refractivity contribution is 6.16. The van der Waals surface area contributed by atoms with Crippen molar-refractivity contribution in [3.05, 3.63) is 78.0 Å². The molecule has 0 unspecified atom stereocenters. The molecule has 0 spiro atoms. The van der Waals surface area contributed by atoms with Crippen molar-refractivity contribution in [1.82, 2.24) is 15.0 Å². The van der Waals surface area contributed by atoms with Crippen LogP contribution in [0, 0.1) is 5.41 Å². The summed E-state index contributed by atoms with van der Waals surface area (Å²) in [5.74, 6) is 1.29. The van der Waals surface area contributed by atoms with Gasteiger partial charge in [-0.25, -0.2) is 15.0 Å². The largest absolute Gasteiger partial charge is 0.344 e. The van der Waals surface area contributed by atoms with Crippen molar-refractivity contribution in [2.75, 3.05) is 0 Å². The molecule has 2 N–H and O–H groups in total. The Morgan fingerprint density at radius 1 is 1.12 bits per heavy atom. The average Bonchev–Trinajstić information content (AvgIpc) is 3.17. The number of aryl methyl sites for hydroxylation is 1. The van der Waals surface area contributed by atoms with Gasteiger partial charge in [0, 0.05) is 30.7 Å². The summed E-state index contributed by atoms with van der Waals surface area (Å²) in [5.41, 5.74) is 3.25. The number of rotatable bonds is 6. The molecular formula is C19H19N5. The summed E-state index contributed by atoms with van der Waals surface area (Å²) in [6.07, 6.45) is 6.60. The molecule has 0 aliphatic carbocycles. The van der Waals surface area contributed by atoms with Crippen molar-refractivity contribution in [2.24, 2.45) is 4.99 Å². The summed E-state index contributed by atoms with van der Waals surface area (Å²) in [4.78, 5) is 16.3. The third-order valence-corrected chi connectivity index (χ3v) is 3.70. The molecule has 120 valence electrons. The van der Waals surface area contributed by atoms with Crippen molar-refractivity contribution in [3.8, 4) is 0 Å². The lowest BCUT2D eigenvalue weighted by Gasteiger charge is -2.06. The second-order valence-electron chi connectivity index (χ2n) is 5.40. The smallest absolute Gasteiger partial charge is 0.152 e. The SMILES string of the molecule is CCc1ccc(N=C(CC(=N)c2ccccc2)c2ncc[nH]2)nc1. The van der Waals surface area contributed by atoms with E-state index in [0.29, 0.717) is 29.5 Å². The number of pyridine rings is 1. The van der Waals surface area contributed by atoms with Crippen LogP contribution in [0.15, 0.2) is 66.0 Å². The first-order chi connectivity index (χ1) is 11.8. The van der Waals surface area contributed by atoms with Gasteiger partial charge in [0.25, 0.3) is 0 Å². The molecule has 0 atom stereocenters. The molecule has 0 aliphatic heterocycles. The maximum Gasteiger partial charge on any atom is 0.152 e. The van der Waals surface area contributed by atoms with E-state index in [-0.39, 0.29) is 0 Å². The van der Waals surface area contributed by atoms with Crippen LogP contribution in [0.1, 0.15) is 30.3 Å². The lowest BCUT2D eigenvalue weighted by atomic mass is 10.0. The predicted molar refractivity (Wildman–Crippen MR) is 96.3 cm³/mol. The van der Waals surface area contributed by atoms with E-state index in [4.69, 9.17) is 5.41 Å². The van der Waals surface area contributed by atoms with Gasteiger partial charge in [0.1, 0.15) is 0 Å². The van der Waals surface area contributed by atoms with Gasteiger partial charge in [0.15, 0.2) is 11.6 Å². The van der Waals surface area contributed by atoms with Crippen molar-refractivity contribution >= 4 is 17.2 Å². The fourth-order valence-corrected chi connectivity index (χ4v) is 2.34. The van der Waals surface area contributed by atoms with Gasteiger partial charge >= 0.3 is 0 Å². The van der Waals surface area contributed by atoms with Crippen molar-refractivity contribution in [1.29, 1.82) is 5.41 Å². The Kier molecular flexibility index (Phi) is 4.91. The van der Waals surface area contributed by atoms with E-state index in [1.165, 1.54) is 5.56 Å². The third kappa shape index (κ3) is 3.81. The molecule has 0 bridgehead atoms. The molecule has 2 aromatic heterocycles. The van der Waals surface area contributed by atoms with Crippen LogP contribution < -0.4 is 0 Å². The zero-order valence-electron chi connectivity index (χ0n) is 13.5. The molecule has 2 heterocycles. The molecule has 0 aliphatic rings. The summed E-state index contributed by atoms with van der Waals surface area (Å²) in [5, 5.41) is 8.35. The monoisotopic (exact) mass is 317 g/mol. The number of H-pyrrole nitrogens is 1. The highest BCUT2D eigenvalue weighted by Crippen LogP contribution is 2.14. The molecule has 3 aromatic rings. The van der Waals surface area contributed by atoms with Gasteiger partial charge in [0.2, 0.25) is 0 Å². The molecule has 0 saturated heterocycles. The van der Waals surface area contributed by atoms with Crippen LogP contribution in [0.4, 0.5) is 5.82 Å². The number of nitrogens with one attached hydrogen (secondary N) is 2. The lowest BCUT2D eigenvalue weighted by Crippen LogP contribution is -2.11. The quantitative estimate of drug-likeness (QED) is 0.675. The van der Waals surface area contributed by atoms with Gasteiger partial charge in [-0.15, -0.1) is 0 Å². The van der Waals surface area contributed by atoms with Crippen molar-refractivity contribution < 1.29 is 0 Å². The summed E-state index contributed by atoms with van der Waals surface area (Å²) >= 11 is 0. The molecule has 0 fully saturated rings. The summed E-state index contributed by atoms with van der Waals surface area (Å²) in [7, 11) is 0. The number of nitrogens with zero attached hydrogens (tertiary/aromatic N) is 3. The second kappa shape index (κ2) is 7.46. The molecule has 5 nitrogen and oxygen atoms in total. The maximum absolute atomic E-state index is 8.35. The highest BCUT2D eigenvalue weighted by atomic mass is 15.0. The van der Waals surface area contributed by atoms with E-state index in [0.717, 1.165) is 12.0 Å². The topological polar surface area (TPSA) is 77.8 Å². The fourth-order valence-electron chi connectivity index (χ4n) is 2.34. The minimum absolute atomic E-state index is 0.384. The second-order valence-corrected chi connectivity index (χ2v) is 5.40. The van der Waals surface area contributed by atoms with Gasteiger partial charge < -0.3 is 10.4 Å². The normalized spacial score (nSPS) is 11.5. The molecule has 0 amide bonds. The third-order valence-electron chi connectivity index (χ3n) is 3.70. The maximum atomic E-state index is 8.35. The molecule has 0 radical (unpaired) electrons. The zero-order chi connectivity index (χ0) is 16.8. The van der Waals surface area contributed by atoms with Crippen LogP contribution in [0.2, 0.25) is 0 Å². The van der Waals surface area contributed by atoms with Gasteiger partial charge in [-0.3, -0.25) is 0 Å². The number of benzene rings is 1. The molecule has 3 rings (SSSR count). The highest BCUT2D eigenvalue weighted by Gasteiger charge is 2.12. The minimum atomic E-state index is 0.384. The zero-order valence-corrected chi connectivity index (χ0v) is 13.5. The summed E-state index contributed by atoms with van der Waals surface area (Å²) in [6.45, 7) is 2.09. The Labute approximate surface area is 141 Å². The Hall–Kier alpha value is -3.08. The van der Waals surface area contributed by atoms with Gasteiger partial charge in [-0.1, -0.05) is 43.3 Å². The Morgan fingerprint density at radius 3 is 2.58 bits per heavy atom.